The lowest BCUT2D eigenvalue weighted by molar-refractivity contribution is -0.139. The van der Waals surface area contributed by atoms with Crippen molar-refractivity contribution < 1.29 is 23.9 Å². The third-order valence-corrected chi connectivity index (χ3v) is 6.31. The minimum atomic E-state index is -0.724. The van der Waals surface area contributed by atoms with Crippen LogP contribution in [-0.2, 0) is 19.1 Å². The van der Waals surface area contributed by atoms with E-state index in [1.165, 1.54) is 12.0 Å². The van der Waals surface area contributed by atoms with Crippen LogP contribution in [-0.4, -0.2) is 92.2 Å². The van der Waals surface area contributed by atoms with Gasteiger partial charge >= 0.3 is 12.0 Å². The van der Waals surface area contributed by atoms with E-state index in [9.17, 15) is 14.4 Å². The summed E-state index contributed by atoms with van der Waals surface area (Å²) in [5, 5.41) is 3.33. The second-order valence-corrected chi connectivity index (χ2v) is 8.56. The number of halogens is 1. The third-order valence-electron chi connectivity index (χ3n) is 5.96. The average molecular weight is 479 g/mol. The van der Waals surface area contributed by atoms with Crippen molar-refractivity contribution in [1.82, 2.24) is 20.0 Å². The Labute approximate surface area is 199 Å². The van der Waals surface area contributed by atoms with Crippen LogP contribution < -0.4 is 5.32 Å². The van der Waals surface area contributed by atoms with Gasteiger partial charge in [-0.1, -0.05) is 29.8 Å². The lowest BCUT2D eigenvalue weighted by Gasteiger charge is -2.42. The molecular formula is C23H31ClN4O5. The van der Waals surface area contributed by atoms with E-state index < -0.39 is 12.0 Å². The van der Waals surface area contributed by atoms with Gasteiger partial charge in [-0.3, -0.25) is 14.6 Å². The highest BCUT2D eigenvalue weighted by atomic mass is 35.5. The van der Waals surface area contributed by atoms with Crippen LogP contribution in [0.2, 0.25) is 5.02 Å². The number of nitrogens with zero attached hydrogens (tertiary/aromatic N) is 3. The highest BCUT2D eigenvalue weighted by Crippen LogP contribution is 2.34. The second kappa shape index (κ2) is 11.0. The highest BCUT2D eigenvalue weighted by Gasteiger charge is 2.39. The molecule has 1 aromatic rings. The van der Waals surface area contributed by atoms with Gasteiger partial charge in [-0.15, -0.1) is 0 Å². The maximum absolute atomic E-state index is 13.1. The molecule has 1 aromatic carbocycles. The Morgan fingerprint density at radius 3 is 2.61 bits per heavy atom. The smallest absolute Gasteiger partial charge is 0.338 e. The number of esters is 1. The number of hydrogen-bond donors (Lipinski definition) is 1. The van der Waals surface area contributed by atoms with Crippen molar-refractivity contribution in [3.63, 3.8) is 0 Å². The van der Waals surface area contributed by atoms with Gasteiger partial charge in [0.2, 0.25) is 5.91 Å². The standard InChI is InChI=1S/C23H31ClN4O5/c1-5-33-22(30)20-18(13-27-10-11-28(15(2)12-27)19(29)14-32-4)26(3)23(31)25-21(20)16-8-6-7-9-17(16)24/h6-9,15,21H,5,10-14H2,1-4H3,(H,25,31)/t15-,21+/m1/s1. The Bertz CT molecular complexity index is 937. The molecule has 180 valence electrons. The molecule has 2 aliphatic rings. The Hall–Kier alpha value is -2.62. The lowest BCUT2D eigenvalue weighted by atomic mass is 9.94. The number of nitrogens with one attached hydrogen (secondary N) is 1. The van der Waals surface area contributed by atoms with Crippen LogP contribution >= 0.6 is 11.6 Å². The molecule has 0 bridgehead atoms. The molecule has 0 spiro atoms. The van der Waals surface area contributed by atoms with E-state index in [1.54, 1.807) is 37.1 Å². The molecular weight excluding hydrogens is 448 g/mol. The number of hydrogen-bond acceptors (Lipinski definition) is 6. The van der Waals surface area contributed by atoms with E-state index in [0.717, 1.165) is 0 Å². The molecule has 33 heavy (non-hydrogen) atoms. The van der Waals surface area contributed by atoms with Crippen molar-refractivity contribution in [3.05, 3.63) is 46.1 Å². The molecule has 1 fully saturated rings. The zero-order valence-electron chi connectivity index (χ0n) is 19.5. The van der Waals surface area contributed by atoms with E-state index in [1.807, 2.05) is 13.0 Å². The van der Waals surface area contributed by atoms with E-state index in [4.69, 9.17) is 21.1 Å². The fourth-order valence-electron chi connectivity index (χ4n) is 4.31. The highest BCUT2D eigenvalue weighted by molar-refractivity contribution is 6.31. The van der Waals surface area contributed by atoms with Crippen LogP contribution in [0.15, 0.2) is 35.5 Å². The van der Waals surface area contributed by atoms with Gasteiger partial charge in [-0.05, 0) is 25.5 Å². The van der Waals surface area contributed by atoms with Crippen molar-refractivity contribution in [1.29, 1.82) is 0 Å². The van der Waals surface area contributed by atoms with Gasteiger partial charge in [-0.25, -0.2) is 9.59 Å². The average Bonchev–Trinajstić information content (AvgIpc) is 2.77. The van der Waals surface area contributed by atoms with Gasteiger partial charge in [0.05, 0.1) is 18.2 Å². The van der Waals surface area contributed by atoms with Gasteiger partial charge in [-0.2, -0.15) is 0 Å². The minimum Gasteiger partial charge on any atom is -0.463 e. The number of carbonyl (C=O) groups excluding carboxylic acids is 3. The lowest BCUT2D eigenvalue weighted by Crippen LogP contribution is -2.56. The molecule has 0 radical (unpaired) electrons. The molecule has 9 nitrogen and oxygen atoms in total. The number of ether oxygens (including phenoxy) is 2. The summed E-state index contributed by atoms with van der Waals surface area (Å²) in [6.45, 7) is 6.07. The first kappa shape index (κ1) is 25.0. The topological polar surface area (TPSA) is 91.4 Å². The zero-order valence-corrected chi connectivity index (χ0v) is 20.2. The van der Waals surface area contributed by atoms with Gasteiger partial charge in [0.1, 0.15) is 6.61 Å². The Morgan fingerprint density at radius 2 is 1.97 bits per heavy atom. The first-order valence-electron chi connectivity index (χ1n) is 11.0. The van der Waals surface area contributed by atoms with E-state index in [0.29, 0.717) is 48.0 Å². The Balaban J connectivity index is 1.94. The normalized spacial score (nSPS) is 21.8. The van der Waals surface area contributed by atoms with Gasteiger partial charge in [0, 0.05) is 57.1 Å². The van der Waals surface area contributed by atoms with Crippen LogP contribution in [0.3, 0.4) is 0 Å². The molecule has 3 amide bonds. The second-order valence-electron chi connectivity index (χ2n) is 8.15. The van der Waals surface area contributed by atoms with Crippen LogP contribution in [0, 0.1) is 0 Å². The number of carbonyl (C=O) groups is 3. The zero-order chi connectivity index (χ0) is 24.1. The van der Waals surface area contributed by atoms with Gasteiger partial charge in [0.25, 0.3) is 0 Å². The Morgan fingerprint density at radius 1 is 1.24 bits per heavy atom. The largest absolute Gasteiger partial charge is 0.463 e. The van der Waals surface area contributed by atoms with Crippen LogP contribution in [0.1, 0.15) is 25.5 Å². The van der Waals surface area contributed by atoms with Crippen LogP contribution in [0.5, 0.6) is 0 Å². The molecule has 10 heteroatoms. The quantitative estimate of drug-likeness (QED) is 0.603. The molecule has 0 aliphatic carbocycles. The van der Waals surface area contributed by atoms with Crippen molar-refractivity contribution >= 4 is 29.5 Å². The summed E-state index contributed by atoms with van der Waals surface area (Å²) in [6.07, 6.45) is 0. The maximum atomic E-state index is 13.1. The number of benzene rings is 1. The number of likely N-dealkylation sites (N-methyl/N-ethyl adjacent to an activating group) is 1. The molecule has 1 saturated heterocycles. The monoisotopic (exact) mass is 478 g/mol. The molecule has 0 saturated carbocycles. The SMILES string of the molecule is CCOC(=O)C1=C(CN2CCN(C(=O)COC)[C@H](C)C2)N(C)C(=O)N[C@H]1c1ccccc1Cl. The number of amides is 3. The minimum absolute atomic E-state index is 0.0323. The van der Waals surface area contributed by atoms with Crippen LogP contribution in [0.4, 0.5) is 4.79 Å². The number of piperazine rings is 1. The number of rotatable bonds is 7. The van der Waals surface area contributed by atoms with Gasteiger partial charge < -0.3 is 19.7 Å². The number of urea groups is 1. The maximum Gasteiger partial charge on any atom is 0.338 e. The fraction of sp³-hybridized carbons (Fsp3) is 0.522. The molecule has 0 unspecified atom stereocenters. The van der Waals surface area contributed by atoms with Crippen molar-refractivity contribution in [3.8, 4) is 0 Å². The van der Waals surface area contributed by atoms with Gasteiger partial charge in [0.15, 0.2) is 0 Å². The fourth-order valence-corrected chi connectivity index (χ4v) is 4.55. The molecule has 0 aromatic heterocycles. The Kier molecular flexibility index (Phi) is 8.34. The third kappa shape index (κ3) is 5.48. The van der Waals surface area contributed by atoms with Crippen molar-refractivity contribution in [2.75, 3.05) is 53.6 Å². The van der Waals surface area contributed by atoms with Crippen molar-refractivity contribution in [2.45, 2.75) is 25.9 Å². The summed E-state index contributed by atoms with van der Waals surface area (Å²) in [5.74, 6) is -0.546. The molecule has 2 aliphatic heterocycles. The summed E-state index contributed by atoms with van der Waals surface area (Å²) in [6, 6.07) is 6.03. The first-order valence-corrected chi connectivity index (χ1v) is 11.4. The first-order chi connectivity index (χ1) is 15.8. The predicted octanol–water partition coefficient (Wildman–Crippen LogP) is 2.03. The summed E-state index contributed by atoms with van der Waals surface area (Å²) in [7, 11) is 3.13. The van der Waals surface area contributed by atoms with E-state index >= 15 is 0 Å². The van der Waals surface area contributed by atoms with E-state index in [-0.39, 0.29) is 31.2 Å². The molecule has 3 rings (SSSR count). The van der Waals surface area contributed by atoms with E-state index in [2.05, 4.69) is 10.2 Å². The molecule has 2 atom stereocenters. The molecule has 2 heterocycles. The summed E-state index contributed by atoms with van der Waals surface area (Å²) >= 11 is 6.42. The summed E-state index contributed by atoms with van der Waals surface area (Å²) < 4.78 is 10.4. The summed E-state index contributed by atoms with van der Waals surface area (Å²) in [4.78, 5) is 43.6. The van der Waals surface area contributed by atoms with Crippen molar-refractivity contribution in [2.24, 2.45) is 0 Å². The van der Waals surface area contributed by atoms with Crippen LogP contribution in [0.25, 0.3) is 0 Å². The predicted molar refractivity (Wildman–Crippen MR) is 124 cm³/mol. The summed E-state index contributed by atoms with van der Waals surface area (Å²) in [5.41, 5.74) is 1.55. The molecule has 1 N–H and O–H groups in total. The number of methoxy groups -OCH3 is 1.